The van der Waals surface area contributed by atoms with Crippen molar-refractivity contribution in [2.24, 2.45) is 5.41 Å². The molecule has 1 heterocycles. The van der Waals surface area contributed by atoms with Gasteiger partial charge in [0.05, 0.1) is 0 Å². The molecule has 1 aromatic heterocycles. The largest absolute Gasteiger partial charge is 0.573 e. The summed E-state index contributed by atoms with van der Waals surface area (Å²) in [6.45, 7) is 4.19. The number of hydrogen-bond acceptors (Lipinski definition) is 4. The zero-order valence-corrected chi connectivity index (χ0v) is 15.0. The maximum Gasteiger partial charge on any atom is 0.573 e. The van der Waals surface area contributed by atoms with Gasteiger partial charge in [0.25, 0.3) is 5.89 Å². The van der Waals surface area contributed by atoms with E-state index in [2.05, 4.69) is 28.7 Å². The Hall–Kier alpha value is -2.90. The first-order chi connectivity index (χ1) is 13.2. The van der Waals surface area contributed by atoms with E-state index in [1.165, 1.54) is 6.07 Å². The van der Waals surface area contributed by atoms with Crippen molar-refractivity contribution in [1.29, 1.82) is 0 Å². The molecule has 1 aliphatic rings. The Morgan fingerprint density at radius 3 is 2.43 bits per heavy atom. The van der Waals surface area contributed by atoms with Crippen LogP contribution in [-0.2, 0) is 0 Å². The molecule has 0 saturated heterocycles. The summed E-state index contributed by atoms with van der Waals surface area (Å²) in [5, 5.41) is 4.01. The molecule has 0 spiro atoms. The Morgan fingerprint density at radius 1 is 1.04 bits per heavy atom. The van der Waals surface area contributed by atoms with Crippen LogP contribution in [0.25, 0.3) is 11.5 Å². The van der Waals surface area contributed by atoms with Gasteiger partial charge < -0.3 is 9.26 Å². The van der Waals surface area contributed by atoms with Crippen molar-refractivity contribution < 1.29 is 26.8 Å². The van der Waals surface area contributed by atoms with Gasteiger partial charge in [0.2, 0.25) is 0 Å². The smallest absolute Gasteiger partial charge is 0.403 e. The molecule has 3 aromatic rings. The van der Waals surface area contributed by atoms with E-state index in [9.17, 15) is 17.6 Å². The first-order valence-electron chi connectivity index (χ1n) is 8.61. The molecule has 0 unspecified atom stereocenters. The number of rotatable bonds is 4. The number of halogens is 4. The molecule has 2 aromatic carbocycles. The third-order valence-electron chi connectivity index (χ3n) is 5.11. The first-order valence-corrected chi connectivity index (χ1v) is 8.61. The first kappa shape index (κ1) is 18.5. The SMILES string of the molecule is CC1(C)[C@@H](c2ccccc2)[C@@H]1c1noc(-c2ccc(F)c(OC(F)(F)F)c2)n1. The molecular formula is C20H16F4N2O2. The summed E-state index contributed by atoms with van der Waals surface area (Å²) in [6, 6.07) is 13.0. The molecule has 1 aliphatic carbocycles. The van der Waals surface area contributed by atoms with E-state index in [1.807, 2.05) is 30.3 Å². The summed E-state index contributed by atoms with van der Waals surface area (Å²) >= 11 is 0. The topological polar surface area (TPSA) is 48.2 Å². The van der Waals surface area contributed by atoms with Crippen LogP contribution in [0.5, 0.6) is 5.75 Å². The van der Waals surface area contributed by atoms with Gasteiger partial charge in [0, 0.05) is 17.4 Å². The molecule has 0 radical (unpaired) electrons. The number of nitrogens with zero attached hydrogens (tertiary/aromatic N) is 2. The Balaban J connectivity index is 1.61. The molecule has 4 nitrogen and oxygen atoms in total. The van der Waals surface area contributed by atoms with Gasteiger partial charge in [-0.05, 0) is 29.2 Å². The minimum Gasteiger partial charge on any atom is -0.403 e. The highest BCUT2D eigenvalue weighted by Crippen LogP contribution is 2.69. The van der Waals surface area contributed by atoms with Crippen molar-refractivity contribution in [2.75, 3.05) is 0 Å². The highest BCUT2D eigenvalue weighted by Gasteiger charge is 2.61. The predicted molar refractivity (Wildman–Crippen MR) is 92.1 cm³/mol. The quantitative estimate of drug-likeness (QED) is 0.536. The fraction of sp³-hybridized carbons (Fsp3) is 0.300. The Bertz CT molecular complexity index is 999. The van der Waals surface area contributed by atoms with E-state index in [0.29, 0.717) is 5.82 Å². The summed E-state index contributed by atoms with van der Waals surface area (Å²) < 4.78 is 59.8. The van der Waals surface area contributed by atoms with E-state index in [-0.39, 0.29) is 28.7 Å². The highest BCUT2D eigenvalue weighted by molar-refractivity contribution is 5.56. The summed E-state index contributed by atoms with van der Waals surface area (Å²) in [5.41, 5.74) is 1.22. The van der Waals surface area contributed by atoms with Gasteiger partial charge in [-0.15, -0.1) is 13.2 Å². The van der Waals surface area contributed by atoms with Crippen molar-refractivity contribution in [2.45, 2.75) is 32.0 Å². The maximum atomic E-state index is 13.6. The molecule has 4 rings (SSSR count). The average Bonchev–Trinajstić information content (AvgIpc) is 2.97. The van der Waals surface area contributed by atoms with Crippen LogP contribution >= 0.6 is 0 Å². The minimum atomic E-state index is -5.00. The van der Waals surface area contributed by atoms with Crippen molar-refractivity contribution in [3.8, 4) is 17.2 Å². The lowest BCUT2D eigenvalue weighted by atomic mass is 10.0. The van der Waals surface area contributed by atoms with Gasteiger partial charge >= 0.3 is 6.36 Å². The van der Waals surface area contributed by atoms with Crippen LogP contribution in [-0.4, -0.2) is 16.5 Å². The van der Waals surface area contributed by atoms with Crippen molar-refractivity contribution in [1.82, 2.24) is 10.1 Å². The Morgan fingerprint density at radius 2 is 1.75 bits per heavy atom. The van der Waals surface area contributed by atoms with Crippen LogP contribution in [0.15, 0.2) is 53.1 Å². The number of hydrogen-bond donors (Lipinski definition) is 0. The molecule has 146 valence electrons. The van der Waals surface area contributed by atoms with E-state index < -0.39 is 17.9 Å². The van der Waals surface area contributed by atoms with Crippen LogP contribution in [0.3, 0.4) is 0 Å². The van der Waals surface area contributed by atoms with Gasteiger partial charge in [0.1, 0.15) is 0 Å². The van der Waals surface area contributed by atoms with Crippen molar-refractivity contribution in [3.63, 3.8) is 0 Å². The Labute approximate surface area is 158 Å². The summed E-state index contributed by atoms with van der Waals surface area (Å²) in [7, 11) is 0. The van der Waals surface area contributed by atoms with Gasteiger partial charge in [0.15, 0.2) is 17.4 Å². The molecule has 8 heteroatoms. The van der Waals surface area contributed by atoms with E-state index >= 15 is 0 Å². The lowest BCUT2D eigenvalue weighted by molar-refractivity contribution is -0.275. The molecule has 0 amide bonds. The lowest BCUT2D eigenvalue weighted by Crippen LogP contribution is -2.18. The minimum absolute atomic E-state index is 0.0107. The number of benzene rings is 2. The molecule has 1 saturated carbocycles. The average molecular weight is 392 g/mol. The zero-order chi connectivity index (χ0) is 20.1. The van der Waals surface area contributed by atoms with Crippen LogP contribution in [0.4, 0.5) is 17.6 Å². The fourth-order valence-corrected chi connectivity index (χ4v) is 3.72. The Kier molecular flexibility index (Phi) is 4.17. The van der Waals surface area contributed by atoms with Crippen LogP contribution in [0.2, 0.25) is 0 Å². The number of ether oxygens (including phenoxy) is 1. The number of alkyl halides is 3. The second kappa shape index (κ2) is 6.32. The van der Waals surface area contributed by atoms with Crippen LogP contribution in [0, 0.1) is 11.2 Å². The summed E-state index contributed by atoms with van der Waals surface area (Å²) in [4.78, 5) is 4.34. The predicted octanol–water partition coefficient (Wildman–Crippen LogP) is 5.68. The third-order valence-corrected chi connectivity index (χ3v) is 5.11. The normalized spacial score (nSPS) is 20.8. The molecule has 0 bridgehead atoms. The summed E-state index contributed by atoms with van der Waals surface area (Å²) in [6.07, 6.45) is -5.00. The fourth-order valence-electron chi connectivity index (χ4n) is 3.72. The van der Waals surface area contributed by atoms with Gasteiger partial charge in [-0.1, -0.05) is 49.3 Å². The monoisotopic (exact) mass is 392 g/mol. The second-order valence-electron chi connectivity index (χ2n) is 7.34. The van der Waals surface area contributed by atoms with E-state index in [0.717, 1.165) is 17.7 Å². The molecule has 0 N–H and O–H groups in total. The second-order valence-corrected chi connectivity index (χ2v) is 7.34. The molecule has 2 atom stereocenters. The maximum absolute atomic E-state index is 13.6. The zero-order valence-electron chi connectivity index (χ0n) is 15.0. The summed E-state index contributed by atoms with van der Waals surface area (Å²) in [5.74, 6) is -1.38. The van der Waals surface area contributed by atoms with Gasteiger partial charge in [-0.25, -0.2) is 4.39 Å². The molecule has 1 fully saturated rings. The van der Waals surface area contributed by atoms with Gasteiger partial charge in [-0.2, -0.15) is 4.98 Å². The van der Waals surface area contributed by atoms with Gasteiger partial charge in [-0.3, -0.25) is 0 Å². The van der Waals surface area contributed by atoms with E-state index in [1.54, 1.807) is 0 Å². The number of aromatic nitrogens is 2. The highest BCUT2D eigenvalue weighted by atomic mass is 19.4. The van der Waals surface area contributed by atoms with Crippen LogP contribution < -0.4 is 4.74 Å². The van der Waals surface area contributed by atoms with E-state index in [4.69, 9.17) is 4.52 Å². The molecule has 0 aliphatic heterocycles. The third kappa shape index (κ3) is 3.34. The van der Waals surface area contributed by atoms with Crippen molar-refractivity contribution >= 4 is 0 Å². The lowest BCUT2D eigenvalue weighted by Gasteiger charge is -2.09. The van der Waals surface area contributed by atoms with Crippen LogP contribution in [0.1, 0.15) is 37.1 Å². The van der Waals surface area contributed by atoms with Crippen molar-refractivity contribution in [3.05, 3.63) is 65.7 Å². The standard InChI is InChI=1S/C20H16F4N2O2/c1-19(2)15(11-6-4-3-5-7-11)16(19)17-25-18(28-26-17)12-8-9-13(21)14(10-12)27-20(22,23)24/h3-10,15-16H,1-2H3/t15-,16+/m0/s1. The molecule has 28 heavy (non-hydrogen) atoms. The molecular weight excluding hydrogens is 376 g/mol.